The van der Waals surface area contributed by atoms with Crippen LogP contribution >= 0.6 is 35.3 Å². The van der Waals surface area contributed by atoms with Gasteiger partial charge in [0.05, 0.1) is 12.7 Å². The highest BCUT2D eigenvalue weighted by Crippen LogP contribution is 2.22. The van der Waals surface area contributed by atoms with Gasteiger partial charge in [-0.3, -0.25) is 9.89 Å². The summed E-state index contributed by atoms with van der Waals surface area (Å²) in [7, 11) is 1.89. The number of guanidine groups is 1. The van der Waals surface area contributed by atoms with Gasteiger partial charge in [-0.05, 0) is 56.1 Å². The molecule has 1 aromatic rings. The van der Waals surface area contributed by atoms with E-state index in [0.29, 0.717) is 0 Å². The predicted molar refractivity (Wildman–Crippen MR) is 129 cm³/mol. The van der Waals surface area contributed by atoms with Crippen molar-refractivity contribution >= 4 is 41.3 Å². The second-order valence-corrected chi connectivity index (χ2v) is 9.17. The summed E-state index contributed by atoms with van der Waals surface area (Å²) in [6, 6.07) is 4.39. The first kappa shape index (κ1) is 23.2. The van der Waals surface area contributed by atoms with E-state index in [9.17, 15) is 0 Å². The Morgan fingerprint density at radius 1 is 1.17 bits per heavy atom. The van der Waals surface area contributed by atoms with Gasteiger partial charge in [-0.15, -0.1) is 35.3 Å². The number of halogens is 1. The minimum atomic E-state index is 0. The maximum Gasteiger partial charge on any atom is 0.193 e. The second-order valence-electron chi connectivity index (χ2n) is 8.13. The van der Waals surface area contributed by atoms with Crippen LogP contribution in [0.15, 0.2) is 22.5 Å². The zero-order chi connectivity index (χ0) is 19.2. The third-order valence-corrected chi connectivity index (χ3v) is 7.06. The van der Waals surface area contributed by atoms with Gasteiger partial charge in [0.15, 0.2) is 5.96 Å². The fourth-order valence-corrected chi connectivity index (χ4v) is 5.27. The number of likely N-dealkylation sites (tertiary alicyclic amines) is 1. The number of thiophene rings is 1. The van der Waals surface area contributed by atoms with E-state index >= 15 is 0 Å². The van der Waals surface area contributed by atoms with Gasteiger partial charge >= 0.3 is 0 Å². The smallest absolute Gasteiger partial charge is 0.193 e. The van der Waals surface area contributed by atoms with Crippen LogP contribution < -0.4 is 5.32 Å². The average Bonchev–Trinajstić information content (AvgIpc) is 3.44. The van der Waals surface area contributed by atoms with Gasteiger partial charge in [0.25, 0.3) is 0 Å². The molecule has 0 bridgehead atoms. The Morgan fingerprint density at radius 2 is 2.00 bits per heavy atom. The first-order valence-electron chi connectivity index (χ1n) is 10.8. The van der Waals surface area contributed by atoms with Crippen LogP contribution in [-0.2, 0) is 16.0 Å². The first-order valence-corrected chi connectivity index (χ1v) is 11.6. The molecule has 2 atom stereocenters. The van der Waals surface area contributed by atoms with Crippen molar-refractivity contribution in [3.63, 3.8) is 0 Å². The van der Waals surface area contributed by atoms with Gasteiger partial charge in [-0.25, -0.2) is 0 Å². The van der Waals surface area contributed by atoms with E-state index in [2.05, 4.69) is 37.6 Å². The lowest BCUT2D eigenvalue weighted by atomic mass is 9.97. The van der Waals surface area contributed by atoms with E-state index in [1.54, 1.807) is 0 Å². The Labute approximate surface area is 196 Å². The maximum atomic E-state index is 5.98. The van der Waals surface area contributed by atoms with Crippen molar-refractivity contribution in [2.45, 2.75) is 44.4 Å². The molecule has 0 saturated carbocycles. The fourth-order valence-electron chi connectivity index (χ4n) is 4.53. The molecule has 4 heterocycles. The molecule has 3 saturated heterocycles. The van der Waals surface area contributed by atoms with Crippen molar-refractivity contribution in [1.29, 1.82) is 0 Å². The van der Waals surface area contributed by atoms with Crippen molar-refractivity contribution in [1.82, 2.24) is 15.1 Å². The maximum absolute atomic E-state index is 5.98. The van der Waals surface area contributed by atoms with Crippen LogP contribution in [0.4, 0.5) is 0 Å². The summed E-state index contributed by atoms with van der Waals surface area (Å²) in [5, 5.41) is 5.82. The van der Waals surface area contributed by atoms with Crippen LogP contribution in [-0.4, -0.2) is 81.0 Å². The van der Waals surface area contributed by atoms with E-state index in [-0.39, 0.29) is 36.2 Å². The molecule has 164 valence electrons. The van der Waals surface area contributed by atoms with Gasteiger partial charge < -0.3 is 19.7 Å². The standard InChI is InChI=1S/C21H34N4O2S.HI/c1-22-21(25-10-12-27-20(16-25)19-5-2-11-26-19)23-14-17-6-8-24(9-7-17)15-18-4-3-13-28-18;/h3-4,13,17,19-20H,2,5-12,14-16H2,1H3,(H,22,23);1H. The summed E-state index contributed by atoms with van der Waals surface area (Å²) in [5.41, 5.74) is 0. The lowest BCUT2D eigenvalue weighted by Gasteiger charge is -2.38. The predicted octanol–water partition coefficient (Wildman–Crippen LogP) is 3.03. The highest BCUT2D eigenvalue weighted by molar-refractivity contribution is 14.0. The Hall–Kier alpha value is -0.420. The van der Waals surface area contributed by atoms with Gasteiger partial charge in [-0.1, -0.05) is 6.07 Å². The number of morpholine rings is 1. The van der Waals surface area contributed by atoms with Crippen molar-refractivity contribution in [3.8, 4) is 0 Å². The molecule has 3 aliphatic heterocycles. The van der Waals surface area contributed by atoms with Crippen LogP contribution in [0.2, 0.25) is 0 Å². The molecular weight excluding hydrogens is 499 g/mol. The van der Waals surface area contributed by atoms with Crippen molar-refractivity contribution in [3.05, 3.63) is 22.4 Å². The minimum Gasteiger partial charge on any atom is -0.375 e. The van der Waals surface area contributed by atoms with Crippen molar-refractivity contribution < 1.29 is 9.47 Å². The largest absolute Gasteiger partial charge is 0.375 e. The minimum absolute atomic E-state index is 0. The van der Waals surface area contributed by atoms with Gasteiger partial charge in [0.2, 0.25) is 0 Å². The molecule has 29 heavy (non-hydrogen) atoms. The number of hydrogen-bond donors (Lipinski definition) is 1. The van der Waals surface area contributed by atoms with Crippen LogP contribution in [0.1, 0.15) is 30.6 Å². The van der Waals surface area contributed by atoms with Crippen molar-refractivity contribution in [2.75, 3.05) is 53.0 Å². The first-order chi connectivity index (χ1) is 13.8. The van der Waals surface area contributed by atoms with Crippen LogP contribution in [0.3, 0.4) is 0 Å². The molecule has 3 aliphatic rings. The summed E-state index contributed by atoms with van der Waals surface area (Å²) >= 11 is 1.87. The number of aliphatic imine (C=N–C) groups is 1. The summed E-state index contributed by atoms with van der Waals surface area (Å²) in [6.07, 6.45) is 5.23. The number of hydrogen-bond acceptors (Lipinski definition) is 5. The topological polar surface area (TPSA) is 49.3 Å². The number of nitrogens with zero attached hydrogens (tertiary/aromatic N) is 3. The molecule has 0 amide bonds. The molecule has 1 aromatic heterocycles. The monoisotopic (exact) mass is 534 g/mol. The van der Waals surface area contributed by atoms with E-state index < -0.39 is 0 Å². The average molecular weight is 535 g/mol. The Bertz CT molecular complexity index is 616. The summed E-state index contributed by atoms with van der Waals surface area (Å²) in [5.74, 6) is 1.75. The molecule has 3 fully saturated rings. The Morgan fingerprint density at radius 3 is 2.69 bits per heavy atom. The number of ether oxygens (including phenoxy) is 2. The number of rotatable bonds is 5. The van der Waals surface area contributed by atoms with E-state index in [1.165, 1.54) is 30.8 Å². The molecule has 1 N–H and O–H groups in total. The summed E-state index contributed by atoms with van der Waals surface area (Å²) < 4.78 is 11.8. The highest BCUT2D eigenvalue weighted by atomic mass is 127. The SMILES string of the molecule is CN=C(NCC1CCN(Cc2cccs2)CC1)N1CCOC(C2CCCO2)C1.I. The summed E-state index contributed by atoms with van der Waals surface area (Å²) in [4.78, 5) is 11.0. The van der Waals surface area contributed by atoms with E-state index in [0.717, 1.165) is 64.1 Å². The highest BCUT2D eigenvalue weighted by Gasteiger charge is 2.32. The fraction of sp³-hybridized carbons (Fsp3) is 0.762. The van der Waals surface area contributed by atoms with Crippen LogP contribution in [0, 0.1) is 5.92 Å². The van der Waals surface area contributed by atoms with Crippen LogP contribution in [0.25, 0.3) is 0 Å². The van der Waals surface area contributed by atoms with E-state index in [4.69, 9.17) is 9.47 Å². The Balaban J connectivity index is 0.00000240. The molecule has 2 unspecified atom stereocenters. The van der Waals surface area contributed by atoms with E-state index in [1.807, 2.05) is 18.4 Å². The van der Waals surface area contributed by atoms with Gasteiger partial charge in [0.1, 0.15) is 6.10 Å². The Kier molecular flexibility index (Phi) is 9.49. The second kappa shape index (κ2) is 11.8. The number of piperidine rings is 1. The molecule has 0 radical (unpaired) electrons. The number of nitrogens with one attached hydrogen (secondary N) is 1. The third kappa shape index (κ3) is 6.53. The lowest BCUT2D eigenvalue weighted by molar-refractivity contribution is -0.0817. The molecule has 8 heteroatoms. The molecule has 0 aliphatic carbocycles. The normalized spacial score (nSPS) is 27.1. The molecule has 6 nitrogen and oxygen atoms in total. The zero-order valence-corrected chi connectivity index (χ0v) is 20.6. The van der Waals surface area contributed by atoms with Crippen LogP contribution in [0.5, 0.6) is 0 Å². The third-order valence-electron chi connectivity index (χ3n) is 6.20. The lowest BCUT2D eigenvalue weighted by Crippen LogP contribution is -2.54. The molecular formula is C21H35IN4O2S. The quantitative estimate of drug-likeness (QED) is 0.358. The van der Waals surface area contributed by atoms with Gasteiger partial charge in [0, 0.05) is 44.7 Å². The molecule has 4 rings (SSSR count). The van der Waals surface area contributed by atoms with Gasteiger partial charge in [-0.2, -0.15) is 0 Å². The zero-order valence-electron chi connectivity index (χ0n) is 17.4. The molecule has 0 spiro atoms. The molecule has 0 aromatic carbocycles. The van der Waals surface area contributed by atoms with Crippen molar-refractivity contribution in [2.24, 2.45) is 10.9 Å². The summed E-state index contributed by atoms with van der Waals surface area (Å²) in [6.45, 7) is 7.93.